The Balaban J connectivity index is 2.60. The zero-order valence-corrected chi connectivity index (χ0v) is 40.0. The highest BCUT2D eigenvalue weighted by Gasteiger charge is 2.50. The molecule has 1 rings (SSSR count). The normalized spacial score (nSPS) is 18.5. The molecule has 350 valence electrons. The molecule has 0 spiro atoms. The van der Waals surface area contributed by atoms with Gasteiger partial charge in [-0.2, -0.15) is 5.06 Å². The molecule has 0 saturated carbocycles. The average Bonchev–Trinajstić information content (AvgIpc) is 3.39. The number of hydroxylamine groups is 2. The number of nitrogens with zero attached hydrogens (tertiary/aromatic N) is 2. The van der Waals surface area contributed by atoms with Crippen LogP contribution in [0, 0.1) is 0 Å². The van der Waals surface area contributed by atoms with Crippen LogP contribution < -0.4 is 0 Å². The van der Waals surface area contributed by atoms with Gasteiger partial charge in [0, 0.05) is 12.8 Å². The minimum atomic E-state index is -4.45. The van der Waals surface area contributed by atoms with E-state index in [1.54, 1.807) is 0 Å². The summed E-state index contributed by atoms with van der Waals surface area (Å²) in [6.07, 6.45) is 29.9. The van der Waals surface area contributed by atoms with E-state index in [4.69, 9.17) is 23.3 Å². The molecular weight excluding hydrogens is 771 g/mol. The number of carbonyl (C=O) groups excluding carboxylic acids is 2. The number of carbonyl (C=O) groups is 2. The summed E-state index contributed by atoms with van der Waals surface area (Å²) in [6, 6.07) is 0. The second kappa shape index (κ2) is 32.5. The van der Waals surface area contributed by atoms with Crippen LogP contribution in [0.3, 0.4) is 0 Å². The van der Waals surface area contributed by atoms with E-state index in [1.807, 2.05) is 35.0 Å². The zero-order chi connectivity index (χ0) is 43.9. The van der Waals surface area contributed by atoms with Crippen molar-refractivity contribution < 1.29 is 52.0 Å². The summed E-state index contributed by atoms with van der Waals surface area (Å²) < 4.78 is 41.0. The lowest BCUT2D eigenvalue weighted by atomic mass is 9.95. The summed E-state index contributed by atoms with van der Waals surface area (Å²) >= 11 is 0. The molecule has 2 unspecified atom stereocenters. The summed E-state index contributed by atoms with van der Waals surface area (Å²) in [6.45, 7) is 8.47. The van der Waals surface area contributed by atoms with Crippen molar-refractivity contribution in [3.8, 4) is 0 Å². The van der Waals surface area contributed by atoms with Gasteiger partial charge in [-0.05, 0) is 46.0 Å². The van der Waals surface area contributed by atoms with Crippen molar-refractivity contribution in [2.24, 2.45) is 0 Å². The van der Waals surface area contributed by atoms with Gasteiger partial charge in [-0.3, -0.25) is 18.6 Å². The van der Waals surface area contributed by atoms with Gasteiger partial charge in [0.1, 0.15) is 25.5 Å². The van der Waals surface area contributed by atoms with Crippen molar-refractivity contribution in [2.45, 2.75) is 231 Å². The topological polar surface area (TPSA) is 141 Å². The second-order valence-electron chi connectivity index (χ2n) is 18.9. The van der Waals surface area contributed by atoms with Crippen LogP contribution in [-0.4, -0.2) is 103 Å². The fourth-order valence-corrected chi connectivity index (χ4v) is 8.33. The summed E-state index contributed by atoms with van der Waals surface area (Å²) in [7, 11) is 1.36. The first-order valence-corrected chi connectivity index (χ1v) is 25.5. The molecule has 2 N–H and O–H groups in total. The van der Waals surface area contributed by atoms with Crippen molar-refractivity contribution >= 4 is 19.8 Å². The van der Waals surface area contributed by atoms with Crippen molar-refractivity contribution in [2.75, 3.05) is 54.1 Å². The minimum Gasteiger partial charge on any atom is -0.462 e. The van der Waals surface area contributed by atoms with E-state index in [1.165, 1.54) is 121 Å². The van der Waals surface area contributed by atoms with E-state index in [0.717, 1.165) is 32.1 Å². The van der Waals surface area contributed by atoms with E-state index >= 15 is 0 Å². The molecular formula is C46H92N2O10P+. The highest BCUT2D eigenvalue weighted by molar-refractivity contribution is 7.47. The van der Waals surface area contributed by atoms with E-state index in [9.17, 15) is 24.3 Å². The minimum absolute atomic E-state index is 0.00244. The molecule has 1 fully saturated rings. The van der Waals surface area contributed by atoms with Crippen molar-refractivity contribution in [1.82, 2.24) is 5.06 Å². The Kier molecular flexibility index (Phi) is 30.8. The van der Waals surface area contributed by atoms with Gasteiger partial charge in [-0.25, -0.2) is 4.57 Å². The van der Waals surface area contributed by atoms with Crippen LogP contribution in [0.25, 0.3) is 0 Å². The molecule has 0 aromatic rings. The maximum Gasteiger partial charge on any atom is 0.472 e. The monoisotopic (exact) mass is 864 g/mol. The van der Waals surface area contributed by atoms with Crippen LogP contribution >= 0.6 is 7.82 Å². The third-order valence-electron chi connectivity index (χ3n) is 11.4. The number of rotatable bonds is 40. The number of phosphoric acid groups is 1. The second-order valence-corrected chi connectivity index (χ2v) is 20.4. The molecule has 1 aliphatic heterocycles. The Morgan fingerprint density at radius 3 is 1.56 bits per heavy atom. The molecule has 59 heavy (non-hydrogen) atoms. The molecule has 3 atom stereocenters. The van der Waals surface area contributed by atoms with Crippen LogP contribution in [0.5, 0.6) is 0 Å². The molecule has 1 aliphatic rings. The first-order valence-electron chi connectivity index (χ1n) is 24.0. The van der Waals surface area contributed by atoms with Crippen molar-refractivity contribution in [3.05, 3.63) is 0 Å². The molecule has 0 aliphatic carbocycles. The smallest absolute Gasteiger partial charge is 0.462 e. The Morgan fingerprint density at radius 1 is 0.661 bits per heavy atom. The van der Waals surface area contributed by atoms with Gasteiger partial charge >= 0.3 is 19.8 Å². The number of esters is 2. The fourth-order valence-electron chi connectivity index (χ4n) is 7.59. The molecule has 1 heterocycles. The molecule has 0 amide bonds. The summed E-state index contributed by atoms with van der Waals surface area (Å²) in [5, 5.41) is 12.6. The number of likely N-dealkylation sites (N-methyl/N-ethyl adjacent to an activating group) is 1. The Bertz CT molecular complexity index is 1120. The van der Waals surface area contributed by atoms with Crippen LogP contribution in [0.4, 0.5) is 0 Å². The van der Waals surface area contributed by atoms with Gasteiger partial charge in [0.05, 0.1) is 39.9 Å². The van der Waals surface area contributed by atoms with Gasteiger partial charge in [0.25, 0.3) is 0 Å². The van der Waals surface area contributed by atoms with Crippen LogP contribution in [-0.2, 0) is 37.4 Å². The van der Waals surface area contributed by atoms with Gasteiger partial charge < -0.3 is 28.8 Å². The van der Waals surface area contributed by atoms with Gasteiger partial charge in [-0.15, -0.1) is 0 Å². The number of hydrogen-bond donors (Lipinski definition) is 2. The average molecular weight is 864 g/mol. The van der Waals surface area contributed by atoms with Crippen LogP contribution in [0.1, 0.15) is 214 Å². The lowest BCUT2D eigenvalue weighted by Gasteiger charge is -2.37. The number of quaternary nitrogens is 1. The van der Waals surface area contributed by atoms with Crippen LogP contribution in [0.2, 0.25) is 0 Å². The summed E-state index contributed by atoms with van der Waals surface area (Å²) in [4.78, 5) is 36.1. The lowest BCUT2D eigenvalue weighted by Crippen LogP contribution is -2.50. The zero-order valence-electron chi connectivity index (χ0n) is 39.1. The molecule has 0 bridgehead atoms. The molecule has 1 saturated heterocycles. The molecule has 12 nitrogen and oxygen atoms in total. The third kappa shape index (κ3) is 29.0. The predicted molar refractivity (Wildman–Crippen MR) is 237 cm³/mol. The maximum atomic E-state index is 13.2. The van der Waals surface area contributed by atoms with Gasteiger partial charge in [0.15, 0.2) is 6.10 Å². The Labute approximate surface area is 361 Å². The Morgan fingerprint density at radius 2 is 1.10 bits per heavy atom. The highest BCUT2D eigenvalue weighted by atomic mass is 31.2. The maximum absolute atomic E-state index is 13.2. The predicted octanol–water partition coefficient (Wildman–Crippen LogP) is 11.8. The van der Waals surface area contributed by atoms with E-state index in [2.05, 4.69) is 13.8 Å². The van der Waals surface area contributed by atoms with Crippen molar-refractivity contribution in [3.63, 3.8) is 0 Å². The molecule has 0 radical (unpaired) electrons. The van der Waals surface area contributed by atoms with Crippen LogP contribution in [0.15, 0.2) is 0 Å². The molecule has 13 heteroatoms. The first kappa shape index (κ1) is 55.9. The summed E-state index contributed by atoms with van der Waals surface area (Å²) in [5.74, 6) is -0.967. The number of phosphoric ester groups is 1. The molecule has 0 aromatic carbocycles. The third-order valence-corrected chi connectivity index (χ3v) is 12.4. The quantitative estimate of drug-likeness (QED) is 0.0263. The number of unbranched alkanes of at least 4 members (excludes halogenated alkanes) is 22. The summed E-state index contributed by atoms with van der Waals surface area (Å²) in [5.41, 5.74) is -1.44. The van der Waals surface area contributed by atoms with Gasteiger partial charge in [-0.1, -0.05) is 155 Å². The van der Waals surface area contributed by atoms with E-state index in [0.29, 0.717) is 43.3 Å². The first-order chi connectivity index (χ1) is 28.1. The number of ether oxygens (including phenoxy) is 3. The SMILES string of the molecule is CCCCCCCCCCCCCCCC(=O)OC[C@H](COP(=O)(O)OCC[N+](C)(C)C)OC(=O)CCCC1(CCCCCCCCCCCCC)OCC(C)(C)N1O. The number of hydrogen-bond acceptors (Lipinski definition) is 10. The standard InChI is InChI=1S/C46H91N2O10P/c1-8-10-12-14-16-18-20-21-22-24-26-28-30-33-43(49)54-39-42(40-57-59(52,53)56-38-37-48(5,6)7)58-44(50)34-32-36-46(47(51)45(3,4)41-55-46)35-31-29-27-25-23-19-17-15-13-11-9-2/h42,51H,8-41H2,1-7H3/p+1/t42-,46?/m1/s1. The van der Waals surface area contributed by atoms with E-state index < -0.39 is 43.7 Å². The Hall–Kier alpha value is -1.11. The fraction of sp³-hybridized carbons (Fsp3) is 0.957. The largest absolute Gasteiger partial charge is 0.472 e. The van der Waals surface area contributed by atoms with Crippen molar-refractivity contribution in [1.29, 1.82) is 0 Å². The molecule has 0 aromatic heterocycles. The van der Waals surface area contributed by atoms with Gasteiger partial charge in [0.2, 0.25) is 0 Å². The highest BCUT2D eigenvalue weighted by Crippen LogP contribution is 2.43. The lowest BCUT2D eigenvalue weighted by molar-refractivity contribution is -0.870. The van der Waals surface area contributed by atoms with E-state index in [-0.39, 0.29) is 26.1 Å².